The number of amides is 3. The molecule has 0 bridgehead atoms. The Morgan fingerprint density at radius 2 is 1.57 bits per heavy atom. The van der Waals surface area contributed by atoms with Crippen LogP contribution >= 0.6 is 0 Å². The molecule has 4 aliphatic rings. The van der Waals surface area contributed by atoms with Crippen LogP contribution in [0.15, 0.2) is 72.6 Å². The standard InChI is InChI=1S/C44H61N7O5/c1-47-42(54)39(9-6-28-52)34-12-10-32(11-13-34)33-16-22-49(23-17-33)31-41(53)51-24-18-36(19-25-51)48(2)43(55)44(56-38-14-15-38)20-26-50(27-21-44)37(30-45)29-40(46)35-7-4-3-5-8-35/h3-5,7-8,10-13,28-30,33,36,38-39H,6,9,14-27,31,45-46H2,1-2H3,(H,47,54)/b37-30+,40-29-. The summed E-state index contributed by atoms with van der Waals surface area (Å²) in [5.74, 6) is 0.204. The predicted octanol–water partition coefficient (Wildman–Crippen LogP) is 3.94. The Morgan fingerprint density at radius 3 is 2.16 bits per heavy atom. The number of allylic oxidation sites excluding steroid dienone is 1. The molecule has 0 radical (unpaired) electrons. The minimum absolute atomic E-state index is 0.0492. The zero-order valence-corrected chi connectivity index (χ0v) is 33.2. The van der Waals surface area contributed by atoms with E-state index in [-0.39, 0.29) is 35.8 Å². The van der Waals surface area contributed by atoms with E-state index in [0.717, 1.165) is 74.7 Å². The van der Waals surface area contributed by atoms with Gasteiger partial charge in [0.1, 0.15) is 6.29 Å². The number of likely N-dealkylation sites (tertiary alicyclic amines) is 3. The molecule has 0 aromatic heterocycles. The van der Waals surface area contributed by atoms with Crippen molar-refractivity contribution in [2.45, 2.75) is 93.8 Å². The van der Waals surface area contributed by atoms with Crippen LogP contribution in [0.5, 0.6) is 0 Å². The highest BCUT2D eigenvalue weighted by Gasteiger charge is 2.49. The Morgan fingerprint density at radius 1 is 0.911 bits per heavy atom. The van der Waals surface area contributed by atoms with Gasteiger partial charge in [-0.2, -0.15) is 0 Å². The van der Waals surface area contributed by atoms with E-state index in [2.05, 4.69) is 27.2 Å². The molecule has 6 rings (SSSR count). The predicted molar refractivity (Wildman–Crippen MR) is 218 cm³/mol. The van der Waals surface area contributed by atoms with Gasteiger partial charge in [0.2, 0.25) is 11.8 Å². The summed E-state index contributed by atoms with van der Waals surface area (Å²) >= 11 is 0. The average molecular weight is 768 g/mol. The fraction of sp³-hybridized carbons (Fsp3) is 0.545. The largest absolute Gasteiger partial charge is 0.403 e. The van der Waals surface area contributed by atoms with Gasteiger partial charge in [0.25, 0.3) is 5.91 Å². The van der Waals surface area contributed by atoms with Crippen molar-refractivity contribution in [3.05, 3.63) is 89.3 Å². The summed E-state index contributed by atoms with van der Waals surface area (Å²) < 4.78 is 6.59. The van der Waals surface area contributed by atoms with Crippen molar-refractivity contribution in [1.82, 2.24) is 24.9 Å². The normalized spacial score (nSPS) is 20.7. The molecule has 3 saturated heterocycles. The molecule has 2 aromatic rings. The maximum atomic E-state index is 14.3. The number of carbonyl (C=O) groups excluding carboxylic acids is 4. The van der Waals surface area contributed by atoms with Crippen LogP contribution in [-0.4, -0.2) is 121 Å². The maximum Gasteiger partial charge on any atom is 0.254 e. The molecule has 3 amide bonds. The monoisotopic (exact) mass is 767 g/mol. The van der Waals surface area contributed by atoms with Crippen molar-refractivity contribution in [1.29, 1.82) is 0 Å². The Bertz CT molecular complexity index is 1700. The number of ether oxygens (including phenoxy) is 1. The van der Waals surface area contributed by atoms with E-state index in [1.54, 1.807) is 13.2 Å². The van der Waals surface area contributed by atoms with Crippen molar-refractivity contribution < 1.29 is 23.9 Å². The van der Waals surface area contributed by atoms with Crippen LogP contribution in [0.1, 0.15) is 92.7 Å². The van der Waals surface area contributed by atoms with E-state index >= 15 is 0 Å². The lowest BCUT2D eigenvalue weighted by Gasteiger charge is -2.45. The lowest BCUT2D eigenvalue weighted by molar-refractivity contribution is -0.169. The molecule has 12 nitrogen and oxygen atoms in total. The molecule has 0 spiro atoms. The quantitative estimate of drug-likeness (QED) is 0.181. The average Bonchev–Trinajstić information content (AvgIpc) is 4.07. The van der Waals surface area contributed by atoms with E-state index < -0.39 is 5.60 Å². The number of nitrogens with one attached hydrogen (secondary N) is 1. The van der Waals surface area contributed by atoms with Gasteiger partial charge in [-0.1, -0.05) is 54.6 Å². The van der Waals surface area contributed by atoms with Gasteiger partial charge in [0.05, 0.1) is 24.3 Å². The fourth-order valence-corrected chi connectivity index (χ4v) is 8.70. The highest BCUT2D eigenvalue weighted by molar-refractivity contribution is 5.86. The van der Waals surface area contributed by atoms with Gasteiger partial charge in [0.15, 0.2) is 5.60 Å². The first-order valence-corrected chi connectivity index (χ1v) is 20.5. The van der Waals surface area contributed by atoms with Crippen LogP contribution in [0.3, 0.4) is 0 Å². The second-order valence-electron chi connectivity index (χ2n) is 16.0. The smallest absolute Gasteiger partial charge is 0.254 e. The molecule has 5 N–H and O–H groups in total. The van der Waals surface area contributed by atoms with Crippen molar-refractivity contribution in [2.24, 2.45) is 11.5 Å². The summed E-state index contributed by atoms with van der Waals surface area (Å²) in [5.41, 5.74) is 16.2. The van der Waals surface area contributed by atoms with Gasteiger partial charge >= 0.3 is 0 Å². The Balaban J connectivity index is 0.964. The van der Waals surface area contributed by atoms with Crippen LogP contribution in [0.4, 0.5) is 0 Å². The Labute approximate surface area is 332 Å². The minimum atomic E-state index is -0.868. The summed E-state index contributed by atoms with van der Waals surface area (Å²) in [7, 11) is 3.54. The van der Waals surface area contributed by atoms with E-state index in [0.29, 0.717) is 70.0 Å². The van der Waals surface area contributed by atoms with E-state index in [4.69, 9.17) is 16.2 Å². The zero-order valence-electron chi connectivity index (χ0n) is 33.2. The second-order valence-corrected chi connectivity index (χ2v) is 16.0. The number of piperidine rings is 3. The first-order chi connectivity index (χ1) is 27.1. The van der Waals surface area contributed by atoms with E-state index in [1.807, 2.05) is 65.4 Å². The lowest BCUT2D eigenvalue weighted by atomic mass is 9.86. The third-order valence-corrected chi connectivity index (χ3v) is 12.4. The molecule has 1 saturated carbocycles. The van der Waals surface area contributed by atoms with Crippen molar-refractivity contribution in [3.63, 3.8) is 0 Å². The highest BCUT2D eigenvalue weighted by Crippen LogP contribution is 2.38. The molecule has 2 aromatic carbocycles. The van der Waals surface area contributed by atoms with Crippen LogP contribution < -0.4 is 16.8 Å². The minimum Gasteiger partial charge on any atom is -0.403 e. The summed E-state index contributed by atoms with van der Waals surface area (Å²) in [6.45, 7) is 4.66. The number of carbonyl (C=O) groups is 4. The molecule has 1 atom stereocenters. The number of aldehydes is 1. The van der Waals surface area contributed by atoms with Gasteiger partial charge in [0, 0.05) is 77.5 Å². The number of nitrogens with zero attached hydrogens (tertiary/aromatic N) is 4. The number of hydrogen-bond acceptors (Lipinski definition) is 9. The molecule has 302 valence electrons. The number of rotatable bonds is 15. The van der Waals surface area contributed by atoms with Gasteiger partial charge in [-0.3, -0.25) is 19.3 Å². The summed E-state index contributed by atoms with van der Waals surface area (Å²) in [6.07, 6.45) is 11.9. The molecule has 3 heterocycles. The van der Waals surface area contributed by atoms with Crippen LogP contribution in [0.25, 0.3) is 5.70 Å². The van der Waals surface area contributed by atoms with Gasteiger partial charge < -0.3 is 41.0 Å². The molecule has 12 heteroatoms. The Hall–Kier alpha value is -4.68. The van der Waals surface area contributed by atoms with Crippen LogP contribution in [-0.2, 0) is 23.9 Å². The lowest BCUT2D eigenvalue weighted by Crippen LogP contribution is -2.59. The molecular formula is C44H61N7O5. The fourth-order valence-electron chi connectivity index (χ4n) is 8.70. The summed E-state index contributed by atoms with van der Waals surface area (Å²) in [5, 5.41) is 2.72. The van der Waals surface area contributed by atoms with E-state index in [9.17, 15) is 19.2 Å². The summed E-state index contributed by atoms with van der Waals surface area (Å²) in [4.78, 5) is 59.5. The topological polar surface area (TPSA) is 155 Å². The number of hydrogen-bond donors (Lipinski definition) is 3. The first-order valence-electron chi connectivity index (χ1n) is 20.5. The highest BCUT2D eigenvalue weighted by atomic mass is 16.5. The third-order valence-electron chi connectivity index (χ3n) is 12.4. The van der Waals surface area contributed by atoms with Gasteiger partial charge in [-0.05, 0) is 86.7 Å². The molecule has 56 heavy (non-hydrogen) atoms. The molecule has 1 aliphatic carbocycles. The SMILES string of the molecule is CNC(=O)C(CCC=O)c1ccc(C2CCN(CC(=O)N3CCC(N(C)C(=O)C4(OC5CC5)CCN(C(/C=C(\N)c5ccccc5)=C/N)CC4)CC3)CC2)cc1. The third kappa shape index (κ3) is 10.00. The molecule has 4 fully saturated rings. The summed E-state index contributed by atoms with van der Waals surface area (Å²) in [6, 6.07) is 18.1. The number of benzene rings is 2. The zero-order chi connectivity index (χ0) is 39.7. The van der Waals surface area contributed by atoms with Crippen LogP contribution in [0.2, 0.25) is 0 Å². The van der Waals surface area contributed by atoms with Crippen LogP contribution in [0, 0.1) is 0 Å². The second kappa shape index (κ2) is 19.0. The van der Waals surface area contributed by atoms with E-state index in [1.165, 1.54) is 5.56 Å². The van der Waals surface area contributed by atoms with Gasteiger partial charge in [-0.25, -0.2) is 0 Å². The van der Waals surface area contributed by atoms with Crippen molar-refractivity contribution in [2.75, 3.05) is 59.9 Å². The van der Waals surface area contributed by atoms with Crippen molar-refractivity contribution >= 4 is 29.7 Å². The van der Waals surface area contributed by atoms with Gasteiger partial charge in [-0.15, -0.1) is 0 Å². The number of nitrogens with two attached hydrogens (primary N) is 2. The molecular weight excluding hydrogens is 707 g/mol. The molecule has 1 unspecified atom stereocenters. The number of likely N-dealkylation sites (N-methyl/N-ethyl adjacent to an activating group) is 2. The Kier molecular flexibility index (Phi) is 13.9. The molecule has 3 aliphatic heterocycles. The van der Waals surface area contributed by atoms with Crippen molar-refractivity contribution in [3.8, 4) is 0 Å². The first kappa shape index (κ1) is 41.0. The maximum absolute atomic E-state index is 14.3.